The molecule has 1 amide bonds. The lowest BCUT2D eigenvalue weighted by Crippen LogP contribution is -2.48. The highest BCUT2D eigenvalue weighted by Gasteiger charge is 2.33. The van der Waals surface area contributed by atoms with Crippen molar-refractivity contribution >= 4 is 51.8 Å². The van der Waals surface area contributed by atoms with Crippen LogP contribution in [0.3, 0.4) is 0 Å². The average molecular weight is 570 g/mol. The van der Waals surface area contributed by atoms with Crippen molar-refractivity contribution in [1.82, 2.24) is 9.47 Å². The summed E-state index contributed by atoms with van der Waals surface area (Å²) < 4.78 is 2.19. The maximum atomic E-state index is 13.5. The van der Waals surface area contributed by atoms with Crippen molar-refractivity contribution < 1.29 is 4.79 Å². The number of nitrogens with zero attached hydrogens (tertiary/aromatic N) is 5. The standard InChI is InChI=1S/C31H31N5O2S2/c1-3-35-28(34-18-16-33(17-19-34)24-12-8-5-9-13-24)25(22(2)26(21-32)29(35)37)20-27-30(38)36(31(39)40-27)15-14-23-10-6-4-7-11-23/h4-13,20H,3,14-19H2,1-2H3/b27-20-. The normalized spacial score (nSPS) is 16.6. The van der Waals surface area contributed by atoms with Gasteiger partial charge in [0.15, 0.2) is 0 Å². The highest BCUT2D eigenvalue weighted by atomic mass is 32.2. The Kier molecular flexibility index (Phi) is 8.38. The second kappa shape index (κ2) is 12.1. The van der Waals surface area contributed by atoms with E-state index >= 15 is 0 Å². The van der Waals surface area contributed by atoms with Crippen LogP contribution in [0.5, 0.6) is 0 Å². The molecule has 2 aliphatic rings. The van der Waals surface area contributed by atoms with Crippen LogP contribution in [-0.2, 0) is 17.8 Å². The number of pyridine rings is 1. The van der Waals surface area contributed by atoms with Crippen LogP contribution in [0.2, 0.25) is 0 Å². The van der Waals surface area contributed by atoms with Gasteiger partial charge in [0.25, 0.3) is 11.5 Å². The first-order chi connectivity index (χ1) is 19.4. The van der Waals surface area contributed by atoms with Gasteiger partial charge in [-0.25, -0.2) is 0 Å². The Morgan fingerprint density at radius 3 is 2.23 bits per heavy atom. The lowest BCUT2D eigenvalue weighted by molar-refractivity contribution is -0.122. The quantitative estimate of drug-likeness (QED) is 0.299. The molecule has 7 nitrogen and oxygen atoms in total. The SMILES string of the molecule is CCn1c(N2CCN(c3ccccc3)CC2)c(/C=C2\SC(=S)N(CCc3ccccc3)C2=O)c(C)c(C#N)c1=O. The number of piperazine rings is 1. The molecule has 0 saturated carbocycles. The highest BCUT2D eigenvalue weighted by Crippen LogP contribution is 2.36. The molecule has 5 rings (SSSR count). The van der Waals surface area contributed by atoms with Crippen LogP contribution in [-0.4, -0.2) is 52.4 Å². The molecule has 0 aliphatic carbocycles. The number of aromatic nitrogens is 1. The fourth-order valence-electron chi connectivity index (χ4n) is 5.30. The van der Waals surface area contributed by atoms with Gasteiger partial charge in [0.1, 0.15) is 21.8 Å². The van der Waals surface area contributed by atoms with E-state index in [0.29, 0.717) is 47.4 Å². The van der Waals surface area contributed by atoms with Gasteiger partial charge in [0.05, 0.1) is 4.91 Å². The van der Waals surface area contributed by atoms with Gasteiger partial charge in [-0.2, -0.15) is 5.26 Å². The number of anilines is 2. The molecule has 0 spiro atoms. The minimum absolute atomic E-state index is 0.110. The predicted octanol–water partition coefficient (Wildman–Crippen LogP) is 4.82. The van der Waals surface area contributed by atoms with Crippen LogP contribution < -0.4 is 15.4 Å². The van der Waals surface area contributed by atoms with Crippen LogP contribution in [0.1, 0.15) is 29.2 Å². The summed E-state index contributed by atoms with van der Waals surface area (Å²) in [5, 5.41) is 9.88. The average Bonchev–Trinajstić information content (AvgIpc) is 3.25. The Bertz CT molecular complexity index is 1550. The van der Waals surface area contributed by atoms with Gasteiger partial charge in [-0.15, -0.1) is 0 Å². The van der Waals surface area contributed by atoms with Gasteiger partial charge in [-0.1, -0.05) is 72.5 Å². The molecule has 2 saturated heterocycles. The number of amides is 1. The first kappa shape index (κ1) is 27.7. The van der Waals surface area contributed by atoms with E-state index in [1.54, 1.807) is 16.4 Å². The minimum atomic E-state index is -0.296. The number of rotatable bonds is 7. The predicted molar refractivity (Wildman–Crippen MR) is 167 cm³/mol. The van der Waals surface area contributed by atoms with E-state index in [4.69, 9.17) is 12.2 Å². The van der Waals surface area contributed by atoms with Crippen molar-refractivity contribution in [3.8, 4) is 6.07 Å². The van der Waals surface area contributed by atoms with E-state index in [2.05, 4.69) is 28.0 Å². The third-order valence-electron chi connectivity index (χ3n) is 7.48. The van der Waals surface area contributed by atoms with E-state index in [-0.39, 0.29) is 17.0 Å². The summed E-state index contributed by atoms with van der Waals surface area (Å²) in [7, 11) is 0. The number of carbonyl (C=O) groups excluding carboxylic acids is 1. The summed E-state index contributed by atoms with van der Waals surface area (Å²) in [6.45, 7) is 7.62. The fourth-order valence-corrected chi connectivity index (χ4v) is 6.59. The van der Waals surface area contributed by atoms with Crippen molar-refractivity contribution in [2.24, 2.45) is 0 Å². The summed E-state index contributed by atoms with van der Waals surface area (Å²) in [6, 6.07) is 22.4. The van der Waals surface area contributed by atoms with Crippen LogP contribution >= 0.6 is 24.0 Å². The van der Waals surface area contributed by atoms with E-state index < -0.39 is 0 Å². The third kappa shape index (κ3) is 5.42. The molecule has 0 unspecified atom stereocenters. The Balaban J connectivity index is 1.48. The summed E-state index contributed by atoms with van der Waals surface area (Å²) in [4.78, 5) is 33.6. The zero-order chi connectivity index (χ0) is 28.2. The maximum Gasteiger partial charge on any atom is 0.270 e. The van der Waals surface area contributed by atoms with Crippen molar-refractivity contribution in [2.75, 3.05) is 42.5 Å². The van der Waals surface area contributed by atoms with Crippen molar-refractivity contribution in [3.05, 3.63) is 98.2 Å². The topological polar surface area (TPSA) is 72.6 Å². The van der Waals surface area contributed by atoms with Gasteiger partial charge in [0, 0.05) is 50.5 Å². The number of thioether (sulfide) groups is 1. The number of hydrogen-bond donors (Lipinski definition) is 0. The number of thiocarbonyl (C=S) groups is 1. The molecule has 0 atom stereocenters. The van der Waals surface area contributed by atoms with Crippen LogP contribution in [0.25, 0.3) is 6.08 Å². The third-order valence-corrected chi connectivity index (χ3v) is 8.86. The molecule has 2 aromatic carbocycles. The zero-order valence-electron chi connectivity index (χ0n) is 22.7. The van der Waals surface area contributed by atoms with E-state index in [1.165, 1.54) is 17.4 Å². The summed E-state index contributed by atoms with van der Waals surface area (Å²) in [5.74, 6) is 0.615. The number of hydrogen-bond acceptors (Lipinski definition) is 7. The van der Waals surface area contributed by atoms with Crippen molar-refractivity contribution in [3.63, 3.8) is 0 Å². The van der Waals surface area contributed by atoms with Crippen LogP contribution in [0.15, 0.2) is 70.4 Å². The molecular weight excluding hydrogens is 539 g/mol. The zero-order valence-corrected chi connectivity index (χ0v) is 24.3. The van der Waals surface area contributed by atoms with Crippen LogP contribution in [0.4, 0.5) is 11.5 Å². The number of carbonyl (C=O) groups is 1. The summed E-state index contributed by atoms with van der Waals surface area (Å²) >= 11 is 6.87. The van der Waals surface area contributed by atoms with Gasteiger partial charge >= 0.3 is 0 Å². The first-order valence-corrected chi connectivity index (χ1v) is 14.7. The molecule has 204 valence electrons. The molecule has 2 aliphatic heterocycles. The van der Waals surface area contributed by atoms with Gasteiger partial charge in [-0.3, -0.25) is 19.1 Å². The van der Waals surface area contributed by atoms with E-state index in [9.17, 15) is 14.9 Å². The Morgan fingerprint density at radius 1 is 0.975 bits per heavy atom. The first-order valence-electron chi connectivity index (χ1n) is 13.4. The van der Waals surface area contributed by atoms with Gasteiger partial charge < -0.3 is 9.80 Å². The van der Waals surface area contributed by atoms with Crippen molar-refractivity contribution in [2.45, 2.75) is 26.8 Å². The second-order valence-electron chi connectivity index (χ2n) is 9.78. The molecule has 0 N–H and O–H groups in total. The molecule has 2 fully saturated rings. The Morgan fingerprint density at radius 2 is 1.60 bits per heavy atom. The molecule has 40 heavy (non-hydrogen) atoms. The minimum Gasteiger partial charge on any atom is -0.368 e. The number of benzene rings is 2. The molecule has 0 bridgehead atoms. The molecule has 3 aromatic rings. The van der Waals surface area contributed by atoms with Crippen LogP contribution in [0, 0.1) is 18.3 Å². The summed E-state index contributed by atoms with van der Waals surface area (Å²) in [6.07, 6.45) is 2.54. The molecule has 0 radical (unpaired) electrons. The molecular formula is C31H31N5O2S2. The van der Waals surface area contributed by atoms with E-state index in [0.717, 1.165) is 30.0 Å². The fraction of sp³-hybridized carbons (Fsp3) is 0.290. The maximum absolute atomic E-state index is 13.5. The lowest BCUT2D eigenvalue weighted by Gasteiger charge is -2.39. The van der Waals surface area contributed by atoms with Gasteiger partial charge in [0.2, 0.25) is 0 Å². The van der Waals surface area contributed by atoms with Crippen molar-refractivity contribution in [1.29, 1.82) is 5.26 Å². The molecule has 3 heterocycles. The molecule has 9 heteroatoms. The van der Waals surface area contributed by atoms with Gasteiger partial charge in [-0.05, 0) is 49.6 Å². The Hall–Kier alpha value is -3.87. The van der Waals surface area contributed by atoms with E-state index in [1.807, 2.05) is 61.5 Å². The largest absolute Gasteiger partial charge is 0.368 e. The molecule has 1 aromatic heterocycles. The number of nitriles is 1. The summed E-state index contributed by atoms with van der Waals surface area (Å²) in [5.41, 5.74) is 3.45. The lowest BCUT2D eigenvalue weighted by atomic mass is 10.0. The Labute approximate surface area is 244 Å². The highest BCUT2D eigenvalue weighted by molar-refractivity contribution is 8.26. The number of para-hydroxylation sites is 1. The second-order valence-corrected chi connectivity index (χ2v) is 11.5. The smallest absolute Gasteiger partial charge is 0.270 e. The monoisotopic (exact) mass is 569 g/mol.